The van der Waals surface area contributed by atoms with Gasteiger partial charge in [0, 0.05) is 26.9 Å². The summed E-state index contributed by atoms with van der Waals surface area (Å²) in [5.74, 6) is 6.07. The van der Waals surface area contributed by atoms with E-state index in [4.69, 9.17) is 15.3 Å². The monoisotopic (exact) mass is 218 g/mol. The van der Waals surface area contributed by atoms with Gasteiger partial charge in [-0.3, -0.25) is 11.3 Å². The van der Waals surface area contributed by atoms with Crippen LogP contribution in [-0.2, 0) is 9.47 Å². The van der Waals surface area contributed by atoms with Crippen molar-refractivity contribution >= 4 is 0 Å². The molecular formula is C11H26N2O2. The molecule has 4 heteroatoms. The van der Waals surface area contributed by atoms with Crippen molar-refractivity contribution in [1.29, 1.82) is 0 Å². The van der Waals surface area contributed by atoms with Crippen LogP contribution in [-0.4, -0.2) is 33.0 Å². The van der Waals surface area contributed by atoms with Gasteiger partial charge in [-0.15, -0.1) is 0 Å². The van der Waals surface area contributed by atoms with Crippen molar-refractivity contribution in [2.45, 2.75) is 45.3 Å². The Bertz CT molecular complexity index is 145. The Morgan fingerprint density at radius 1 is 1.13 bits per heavy atom. The molecule has 0 aromatic rings. The van der Waals surface area contributed by atoms with E-state index < -0.39 is 0 Å². The second-order valence-corrected chi connectivity index (χ2v) is 4.16. The van der Waals surface area contributed by atoms with Crippen molar-refractivity contribution in [2.24, 2.45) is 11.8 Å². The summed E-state index contributed by atoms with van der Waals surface area (Å²) in [5.41, 5.74) is 2.88. The summed E-state index contributed by atoms with van der Waals surface area (Å²) in [6.45, 7) is 5.06. The van der Waals surface area contributed by atoms with E-state index in [1.807, 2.05) is 0 Å². The van der Waals surface area contributed by atoms with Gasteiger partial charge in [0.05, 0.1) is 6.10 Å². The number of rotatable bonds is 9. The van der Waals surface area contributed by atoms with Gasteiger partial charge in [0.1, 0.15) is 0 Å². The number of ether oxygens (including phenoxy) is 2. The summed E-state index contributed by atoms with van der Waals surface area (Å²) < 4.78 is 10.3. The summed E-state index contributed by atoms with van der Waals surface area (Å²) in [5, 5.41) is 0. The van der Waals surface area contributed by atoms with Gasteiger partial charge in [0.15, 0.2) is 0 Å². The van der Waals surface area contributed by atoms with Gasteiger partial charge in [-0.2, -0.15) is 0 Å². The first-order chi connectivity index (χ1) is 7.15. The molecule has 15 heavy (non-hydrogen) atoms. The molecule has 0 fully saturated rings. The highest BCUT2D eigenvalue weighted by Gasteiger charge is 2.16. The third kappa shape index (κ3) is 6.84. The van der Waals surface area contributed by atoms with Crippen molar-refractivity contribution in [1.82, 2.24) is 5.43 Å². The van der Waals surface area contributed by atoms with Crippen molar-refractivity contribution in [3.63, 3.8) is 0 Å². The SMILES string of the molecule is COCCC(C)C(CCC(C)OC)NN. The summed E-state index contributed by atoms with van der Waals surface area (Å²) in [6.07, 6.45) is 3.40. The molecule has 3 atom stereocenters. The van der Waals surface area contributed by atoms with Gasteiger partial charge in [0.2, 0.25) is 0 Å². The maximum absolute atomic E-state index is 5.54. The predicted molar refractivity (Wildman–Crippen MR) is 62.5 cm³/mol. The molecular weight excluding hydrogens is 192 g/mol. The van der Waals surface area contributed by atoms with E-state index in [2.05, 4.69) is 19.3 Å². The molecule has 0 amide bonds. The highest BCUT2D eigenvalue weighted by atomic mass is 16.5. The van der Waals surface area contributed by atoms with Gasteiger partial charge < -0.3 is 9.47 Å². The van der Waals surface area contributed by atoms with Gasteiger partial charge in [0.25, 0.3) is 0 Å². The summed E-state index contributed by atoms with van der Waals surface area (Å²) in [7, 11) is 3.47. The predicted octanol–water partition coefficient (Wildman–Crippen LogP) is 1.31. The molecule has 3 N–H and O–H groups in total. The third-order valence-electron chi connectivity index (χ3n) is 2.96. The number of hydrogen-bond acceptors (Lipinski definition) is 4. The number of nitrogens with one attached hydrogen (secondary N) is 1. The maximum Gasteiger partial charge on any atom is 0.0543 e. The molecule has 0 rings (SSSR count). The van der Waals surface area contributed by atoms with Gasteiger partial charge >= 0.3 is 0 Å². The molecule has 0 aromatic heterocycles. The number of hydrazine groups is 1. The van der Waals surface area contributed by atoms with E-state index in [1.54, 1.807) is 14.2 Å². The van der Waals surface area contributed by atoms with Crippen LogP contribution in [0.25, 0.3) is 0 Å². The fourth-order valence-electron chi connectivity index (χ4n) is 1.57. The average Bonchev–Trinajstić information content (AvgIpc) is 2.26. The molecule has 0 aliphatic rings. The van der Waals surface area contributed by atoms with E-state index in [1.165, 1.54) is 0 Å². The first-order valence-electron chi connectivity index (χ1n) is 5.63. The minimum Gasteiger partial charge on any atom is -0.385 e. The van der Waals surface area contributed by atoms with Crippen LogP contribution >= 0.6 is 0 Å². The number of hydrogen-bond donors (Lipinski definition) is 2. The molecule has 0 spiro atoms. The highest BCUT2D eigenvalue weighted by Crippen LogP contribution is 2.14. The van der Waals surface area contributed by atoms with Crippen LogP contribution in [0.4, 0.5) is 0 Å². The lowest BCUT2D eigenvalue weighted by Crippen LogP contribution is -2.40. The quantitative estimate of drug-likeness (QED) is 0.452. The zero-order valence-corrected chi connectivity index (χ0v) is 10.5. The maximum atomic E-state index is 5.54. The molecule has 0 radical (unpaired) electrons. The van der Waals surface area contributed by atoms with E-state index in [9.17, 15) is 0 Å². The fraction of sp³-hybridized carbons (Fsp3) is 1.00. The van der Waals surface area contributed by atoms with E-state index in [0.717, 1.165) is 25.9 Å². The number of nitrogens with two attached hydrogens (primary N) is 1. The Morgan fingerprint density at radius 3 is 2.27 bits per heavy atom. The van der Waals surface area contributed by atoms with E-state index in [-0.39, 0.29) is 0 Å². The van der Waals surface area contributed by atoms with Crippen LogP contribution in [0.5, 0.6) is 0 Å². The average molecular weight is 218 g/mol. The fourth-order valence-corrected chi connectivity index (χ4v) is 1.57. The van der Waals surface area contributed by atoms with Crippen LogP contribution < -0.4 is 11.3 Å². The Hall–Kier alpha value is -0.160. The van der Waals surface area contributed by atoms with Crippen LogP contribution in [0.2, 0.25) is 0 Å². The van der Waals surface area contributed by atoms with Crippen LogP contribution in [0, 0.1) is 5.92 Å². The molecule has 0 aliphatic carbocycles. The Morgan fingerprint density at radius 2 is 1.80 bits per heavy atom. The van der Waals surface area contributed by atoms with E-state index >= 15 is 0 Å². The Labute approximate surface area is 93.5 Å². The highest BCUT2D eigenvalue weighted by molar-refractivity contribution is 4.72. The van der Waals surface area contributed by atoms with Crippen molar-refractivity contribution in [3.05, 3.63) is 0 Å². The lowest BCUT2D eigenvalue weighted by Gasteiger charge is -2.24. The van der Waals surface area contributed by atoms with Gasteiger partial charge in [-0.05, 0) is 32.1 Å². The molecule has 0 heterocycles. The molecule has 0 saturated carbocycles. The first-order valence-corrected chi connectivity index (χ1v) is 5.63. The van der Waals surface area contributed by atoms with Crippen LogP contribution in [0.1, 0.15) is 33.1 Å². The van der Waals surface area contributed by atoms with Crippen LogP contribution in [0.3, 0.4) is 0 Å². The van der Waals surface area contributed by atoms with Crippen molar-refractivity contribution < 1.29 is 9.47 Å². The lowest BCUT2D eigenvalue weighted by molar-refractivity contribution is 0.101. The molecule has 92 valence electrons. The summed E-state index contributed by atoms with van der Waals surface area (Å²) >= 11 is 0. The first kappa shape index (κ1) is 14.8. The smallest absolute Gasteiger partial charge is 0.0543 e. The zero-order chi connectivity index (χ0) is 11.7. The van der Waals surface area contributed by atoms with E-state index in [0.29, 0.717) is 18.1 Å². The zero-order valence-electron chi connectivity index (χ0n) is 10.5. The normalized spacial score (nSPS) is 17.4. The van der Waals surface area contributed by atoms with Crippen LogP contribution in [0.15, 0.2) is 0 Å². The minimum absolute atomic E-state index is 0.301. The molecule has 0 aliphatic heterocycles. The molecule has 4 nitrogen and oxygen atoms in total. The van der Waals surface area contributed by atoms with Gasteiger partial charge in [-0.25, -0.2) is 0 Å². The molecule has 0 bridgehead atoms. The van der Waals surface area contributed by atoms with Crippen molar-refractivity contribution in [2.75, 3.05) is 20.8 Å². The minimum atomic E-state index is 0.301. The standard InChI is InChI=1S/C11H26N2O2/c1-9(7-8-14-3)11(13-12)6-5-10(2)15-4/h9-11,13H,5-8,12H2,1-4H3. The second-order valence-electron chi connectivity index (χ2n) is 4.16. The van der Waals surface area contributed by atoms with Crippen molar-refractivity contribution in [3.8, 4) is 0 Å². The van der Waals surface area contributed by atoms with Gasteiger partial charge in [-0.1, -0.05) is 6.92 Å². The Kier molecular flexibility index (Phi) is 9.00. The Balaban J connectivity index is 3.79. The third-order valence-corrected chi connectivity index (χ3v) is 2.96. The molecule has 0 saturated heterocycles. The summed E-state index contributed by atoms with van der Waals surface area (Å²) in [6, 6.07) is 0.345. The lowest BCUT2D eigenvalue weighted by atomic mass is 9.94. The summed E-state index contributed by atoms with van der Waals surface area (Å²) in [4.78, 5) is 0. The molecule has 3 unspecified atom stereocenters. The second kappa shape index (κ2) is 9.09. The number of methoxy groups -OCH3 is 2. The topological polar surface area (TPSA) is 56.5 Å². The largest absolute Gasteiger partial charge is 0.385 e. The molecule has 0 aromatic carbocycles.